The molecule has 1 aromatic rings. The van der Waals surface area contributed by atoms with Crippen molar-refractivity contribution in [2.24, 2.45) is 0 Å². The Labute approximate surface area is 129 Å². The van der Waals surface area contributed by atoms with Crippen LogP contribution in [0.3, 0.4) is 0 Å². The molecule has 0 aromatic heterocycles. The molecule has 22 heavy (non-hydrogen) atoms. The molecule has 2 N–H and O–H groups in total. The molecule has 1 heterocycles. The van der Waals surface area contributed by atoms with E-state index in [-0.39, 0.29) is 24.9 Å². The minimum atomic E-state index is -1.13. The molecular formula is C16H21FN2O3. The molecule has 0 spiro atoms. The summed E-state index contributed by atoms with van der Waals surface area (Å²) in [7, 11) is 0. The number of amides is 3. The molecule has 1 aliphatic rings. The Morgan fingerprint density at radius 3 is 2.50 bits per heavy atom. The van der Waals surface area contributed by atoms with Crippen molar-refractivity contribution in [3.8, 4) is 0 Å². The lowest BCUT2D eigenvalue weighted by molar-refractivity contribution is -0.132. The van der Waals surface area contributed by atoms with Crippen LogP contribution in [0.4, 0.5) is 9.18 Å². The fraction of sp³-hybridized carbons (Fsp3) is 0.500. The van der Waals surface area contributed by atoms with Gasteiger partial charge in [-0.3, -0.25) is 9.69 Å². The van der Waals surface area contributed by atoms with Gasteiger partial charge in [0.25, 0.3) is 5.91 Å². The van der Waals surface area contributed by atoms with Gasteiger partial charge in [-0.2, -0.15) is 0 Å². The van der Waals surface area contributed by atoms with E-state index in [4.69, 9.17) is 5.11 Å². The van der Waals surface area contributed by atoms with Gasteiger partial charge < -0.3 is 10.4 Å². The highest BCUT2D eigenvalue weighted by Gasteiger charge is 2.51. The number of imide groups is 1. The predicted molar refractivity (Wildman–Crippen MR) is 79.6 cm³/mol. The summed E-state index contributed by atoms with van der Waals surface area (Å²) in [6, 6.07) is 5.20. The fourth-order valence-corrected chi connectivity index (χ4v) is 2.74. The Balaban J connectivity index is 2.35. The average Bonchev–Trinajstić information content (AvgIpc) is 2.75. The summed E-state index contributed by atoms with van der Waals surface area (Å²) in [5.74, 6) is -0.714. The zero-order valence-corrected chi connectivity index (χ0v) is 12.6. The molecule has 3 amide bonds. The van der Waals surface area contributed by atoms with Gasteiger partial charge >= 0.3 is 6.03 Å². The van der Waals surface area contributed by atoms with Crippen LogP contribution in [0.1, 0.15) is 38.2 Å². The molecular weight excluding hydrogens is 287 g/mol. The summed E-state index contributed by atoms with van der Waals surface area (Å²) in [6.45, 7) is 2.09. The van der Waals surface area contributed by atoms with E-state index in [0.29, 0.717) is 18.4 Å². The van der Waals surface area contributed by atoms with E-state index in [1.54, 1.807) is 12.1 Å². The van der Waals surface area contributed by atoms with Crippen molar-refractivity contribution in [2.75, 3.05) is 13.2 Å². The second-order valence-electron chi connectivity index (χ2n) is 5.48. The first-order valence-electron chi connectivity index (χ1n) is 7.56. The molecule has 1 unspecified atom stereocenters. The Kier molecular flexibility index (Phi) is 5.13. The molecule has 0 bridgehead atoms. The number of carbonyl (C=O) groups is 2. The highest BCUT2D eigenvalue weighted by molar-refractivity contribution is 6.07. The van der Waals surface area contributed by atoms with Gasteiger partial charge in [-0.25, -0.2) is 9.18 Å². The topological polar surface area (TPSA) is 69.6 Å². The maximum atomic E-state index is 13.2. The molecule has 0 aliphatic carbocycles. The molecule has 0 radical (unpaired) electrons. The SMILES string of the molecule is CCCCC1(c2ccc(F)cc2)NC(=O)N(CCCO)C1=O. The minimum Gasteiger partial charge on any atom is -0.396 e. The molecule has 1 aromatic carbocycles. The van der Waals surface area contributed by atoms with Crippen LogP contribution < -0.4 is 5.32 Å². The highest BCUT2D eigenvalue weighted by atomic mass is 19.1. The van der Waals surface area contributed by atoms with E-state index in [1.165, 1.54) is 12.1 Å². The van der Waals surface area contributed by atoms with Gasteiger partial charge in [0.2, 0.25) is 0 Å². The molecule has 5 nitrogen and oxygen atoms in total. The van der Waals surface area contributed by atoms with E-state index in [9.17, 15) is 14.0 Å². The Bertz CT molecular complexity index is 547. The first kappa shape index (κ1) is 16.4. The zero-order chi connectivity index (χ0) is 16.2. The highest BCUT2D eigenvalue weighted by Crippen LogP contribution is 2.34. The van der Waals surface area contributed by atoms with Gasteiger partial charge in [-0.15, -0.1) is 0 Å². The second kappa shape index (κ2) is 6.87. The van der Waals surface area contributed by atoms with Crippen LogP contribution in [0, 0.1) is 5.82 Å². The van der Waals surface area contributed by atoms with Crippen molar-refractivity contribution in [3.05, 3.63) is 35.6 Å². The lowest BCUT2D eigenvalue weighted by Gasteiger charge is -2.27. The van der Waals surface area contributed by atoms with Crippen molar-refractivity contribution in [3.63, 3.8) is 0 Å². The summed E-state index contributed by atoms with van der Waals surface area (Å²) >= 11 is 0. The van der Waals surface area contributed by atoms with Crippen molar-refractivity contribution in [2.45, 2.75) is 38.1 Å². The summed E-state index contributed by atoms with van der Waals surface area (Å²) in [4.78, 5) is 26.1. The molecule has 120 valence electrons. The lowest BCUT2D eigenvalue weighted by atomic mass is 9.84. The molecule has 1 fully saturated rings. The monoisotopic (exact) mass is 308 g/mol. The average molecular weight is 308 g/mol. The molecule has 0 saturated carbocycles. The number of benzene rings is 1. The molecule has 2 rings (SSSR count). The van der Waals surface area contributed by atoms with Crippen LogP contribution in [0.2, 0.25) is 0 Å². The van der Waals surface area contributed by atoms with Gasteiger partial charge in [0.05, 0.1) is 0 Å². The number of nitrogens with one attached hydrogen (secondary N) is 1. The quantitative estimate of drug-likeness (QED) is 0.758. The van der Waals surface area contributed by atoms with Crippen LogP contribution in [-0.4, -0.2) is 35.1 Å². The third-order valence-corrected chi connectivity index (χ3v) is 3.96. The van der Waals surface area contributed by atoms with E-state index < -0.39 is 11.6 Å². The van der Waals surface area contributed by atoms with Crippen LogP contribution in [0.5, 0.6) is 0 Å². The van der Waals surface area contributed by atoms with Crippen molar-refractivity contribution in [1.82, 2.24) is 10.2 Å². The Hall–Kier alpha value is -1.95. The third kappa shape index (κ3) is 2.97. The van der Waals surface area contributed by atoms with Gasteiger partial charge in [0, 0.05) is 13.2 Å². The lowest BCUT2D eigenvalue weighted by Crippen LogP contribution is -2.44. The van der Waals surface area contributed by atoms with Gasteiger partial charge in [-0.05, 0) is 30.5 Å². The Morgan fingerprint density at radius 1 is 1.23 bits per heavy atom. The zero-order valence-electron chi connectivity index (χ0n) is 12.6. The van der Waals surface area contributed by atoms with E-state index in [1.807, 2.05) is 6.92 Å². The number of unbranched alkanes of at least 4 members (excludes halogenated alkanes) is 1. The second-order valence-corrected chi connectivity index (χ2v) is 5.48. The molecule has 6 heteroatoms. The fourth-order valence-electron chi connectivity index (χ4n) is 2.74. The standard InChI is InChI=1S/C16H21FN2O3/c1-2-3-9-16(12-5-7-13(17)8-6-12)14(21)19(10-4-11-20)15(22)18-16/h5-8,20H,2-4,9-11H2,1H3,(H,18,22). The van der Waals surface area contributed by atoms with Crippen LogP contribution >= 0.6 is 0 Å². The first-order valence-corrected chi connectivity index (χ1v) is 7.56. The van der Waals surface area contributed by atoms with Crippen molar-refractivity contribution in [1.29, 1.82) is 0 Å². The summed E-state index contributed by atoms with van der Waals surface area (Å²) in [6.07, 6.45) is 2.45. The first-order chi connectivity index (χ1) is 10.5. The van der Waals surface area contributed by atoms with Crippen LogP contribution in [-0.2, 0) is 10.3 Å². The maximum Gasteiger partial charge on any atom is 0.325 e. The number of hydrogen-bond donors (Lipinski definition) is 2. The number of rotatable bonds is 7. The van der Waals surface area contributed by atoms with Crippen LogP contribution in [0.25, 0.3) is 0 Å². The van der Waals surface area contributed by atoms with Crippen LogP contribution in [0.15, 0.2) is 24.3 Å². The number of halogens is 1. The molecule has 1 aliphatic heterocycles. The molecule has 1 saturated heterocycles. The summed E-state index contributed by atoms with van der Waals surface area (Å²) < 4.78 is 13.2. The Morgan fingerprint density at radius 2 is 1.91 bits per heavy atom. The summed E-state index contributed by atoms with van der Waals surface area (Å²) in [5.41, 5.74) is -0.539. The van der Waals surface area contributed by atoms with Gasteiger partial charge in [0.1, 0.15) is 11.4 Å². The minimum absolute atomic E-state index is 0.0877. The molecule has 1 atom stereocenters. The third-order valence-electron chi connectivity index (χ3n) is 3.96. The van der Waals surface area contributed by atoms with Crippen molar-refractivity contribution >= 4 is 11.9 Å². The van der Waals surface area contributed by atoms with E-state index in [2.05, 4.69) is 5.32 Å². The van der Waals surface area contributed by atoms with Gasteiger partial charge in [-0.1, -0.05) is 31.9 Å². The normalized spacial score (nSPS) is 21.3. The predicted octanol–water partition coefficient (Wildman–Crippen LogP) is 2.15. The number of urea groups is 1. The van der Waals surface area contributed by atoms with E-state index >= 15 is 0 Å². The number of aliphatic hydroxyl groups excluding tert-OH is 1. The summed E-state index contributed by atoms with van der Waals surface area (Å²) in [5, 5.41) is 11.7. The maximum absolute atomic E-state index is 13.2. The van der Waals surface area contributed by atoms with E-state index in [0.717, 1.165) is 17.7 Å². The van der Waals surface area contributed by atoms with Gasteiger partial charge in [0.15, 0.2) is 0 Å². The largest absolute Gasteiger partial charge is 0.396 e. The smallest absolute Gasteiger partial charge is 0.325 e. The number of aliphatic hydroxyl groups is 1. The number of nitrogens with zero attached hydrogens (tertiary/aromatic N) is 1. The van der Waals surface area contributed by atoms with Crippen molar-refractivity contribution < 1.29 is 19.1 Å². The number of hydrogen-bond acceptors (Lipinski definition) is 3. The number of carbonyl (C=O) groups excluding carboxylic acids is 2.